The second-order valence-corrected chi connectivity index (χ2v) is 3.46. The number of carbonyl (C=O) groups is 1. The molecule has 0 aliphatic carbocycles. The third kappa shape index (κ3) is 1.78. The number of hydrogen-bond acceptors (Lipinski definition) is 2. The second-order valence-electron chi connectivity index (χ2n) is 3.46. The molecule has 1 aromatic rings. The normalized spacial score (nSPS) is 15.5. The summed E-state index contributed by atoms with van der Waals surface area (Å²) in [6.45, 7) is 1.31. The van der Waals surface area contributed by atoms with Crippen LogP contribution >= 0.6 is 0 Å². The molecule has 0 bridgehead atoms. The predicted molar refractivity (Wildman–Crippen MR) is 53.2 cm³/mol. The van der Waals surface area contributed by atoms with Gasteiger partial charge in [-0.15, -0.1) is 0 Å². The largest absolute Gasteiger partial charge is 0.477 e. The molecule has 0 spiro atoms. The number of rotatable bonds is 4. The third-order valence-corrected chi connectivity index (χ3v) is 2.55. The Morgan fingerprint density at radius 2 is 1.81 bits per heavy atom. The Bertz CT molecular complexity index is 378. The summed E-state index contributed by atoms with van der Waals surface area (Å²) >= 11 is 0. The van der Waals surface area contributed by atoms with Gasteiger partial charge >= 0.3 is 11.9 Å². The minimum atomic E-state index is -4.22. The molecule has 0 saturated heterocycles. The SMILES string of the molecule is CCC(O)(c1ccccc1)C(F)(F)C(=O)O. The summed E-state index contributed by atoms with van der Waals surface area (Å²) in [5.41, 5.74) is -2.79. The monoisotopic (exact) mass is 230 g/mol. The first-order valence-electron chi connectivity index (χ1n) is 4.75. The number of aliphatic carboxylic acids is 1. The maximum Gasteiger partial charge on any atom is 0.378 e. The van der Waals surface area contributed by atoms with Crippen molar-refractivity contribution in [2.75, 3.05) is 0 Å². The van der Waals surface area contributed by atoms with Crippen LogP contribution in [0.2, 0.25) is 0 Å². The summed E-state index contributed by atoms with van der Waals surface area (Å²) in [5, 5.41) is 18.3. The smallest absolute Gasteiger partial charge is 0.378 e. The van der Waals surface area contributed by atoms with Crippen LogP contribution < -0.4 is 0 Å². The van der Waals surface area contributed by atoms with Gasteiger partial charge in [0, 0.05) is 0 Å². The van der Waals surface area contributed by atoms with Gasteiger partial charge in [0.2, 0.25) is 0 Å². The van der Waals surface area contributed by atoms with E-state index in [-0.39, 0.29) is 5.56 Å². The van der Waals surface area contributed by atoms with E-state index in [0.29, 0.717) is 0 Å². The van der Waals surface area contributed by atoms with Crippen LogP contribution in [0, 0.1) is 0 Å². The van der Waals surface area contributed by atoms with E-state index < -0.39 is 23.9 Å². The van der Waals surface area contributed by atoms with Crippen LogP contribution in [0.4, 0.5) is 8.78 Å². The van der Waals surface area contributed by atoms with Crippen molar-refractivity contribution in [3.05, 3.63) is 35.9 Å². The molecule has 0 aromatic heterocycles. The first kappa shape index (κ1) is 12.6. The number of carboxylic acid groups (broad SMARTS) is 1. The molecule has 0 aliphatic heterocycles. The number of halogens is 2. The standard InChI is InChI=1S/C11H12F2O3/c1-2-10(16,11(12,13)9(14)15)8-6-4-3-5-7-8/h3-7,16H,2H2,1H3,(H,14,15). The number of benzene rings is 1. The maximum atomic E-state index is 13.4. The Balaban J connectivity index is 3.28. The highest BCUT2D eigenvalue weighted by molar-refractivity contribution is 5.77. The lowest BCUT2D eigenvalue weighted by Crippen LogP contribution is -2.50. The van der Waals surface area contributed by atoms with Crippen LogP contribution in [0.5, 0.6) is 0 Å². The summed E-state index contributed by atoms with van der Waals surface area (Å²) < 4.78 is 26.9. The molecule has 0 aliphatic rings. The molecular weight excluding hydrogens is 218 g/mol. The molecule has 0 amide bonds. The average Bonchev–Trinajstić information content (AvgIpc) is 2.28. The van der Waals surface area contributed by atoms with Gasteiger partial charge in [-0.05, 0) is 12.0 Å². The fourth-order valence-corrected chi connectivity index (χ4v) is 1.50. The number of hydrogen-bond donors (Lipinski definition) is 2. The lowest BCUT2D eigenvalue weighted by atomic mass is 9.85. The summed E-state index contributed by atoms with van der Waals surface area (Å²) in [4.78, 5) is 10.5. The van der Waals surface area contributed by atoms with Gasteiger partial charge in [0.15, 0.2) is 5.60 Å². The molecule has 88 valence electrons. The van der Waals surface area contributed by atoms with E-state index in [1.54, 1.807) is 6.07 Å². The molecule has 16 heavy (non-hydrogen) atoms. The zero-order valence-electron chi connectivity index (χ0n) is 8.65. The highest BCUT2D eigenvalue weighted by Crippen LogP contribution is 2.40. The van der Waals surface area contributed by atoms with Crippen LogP contribution in [0.25, 0.3) is 0 Å². The van der Waals surface area contributed by atoms with Gasteiger partial charge in [-0.2, -0.15) is 8.78 Å². The Morgan fingerprint density at radius 3 is 2.19 bits per heavy atom. The Kier molecular flexibility index (Phi) is 3.28. The van der Waals surface area contributed by atoms with Gasteiger partial charge < -0.3 is 10.2 Å². The first-order chi connectivity index (χ1) is 7.36. The van der Waals surface area contributed by atoms with E-state index in [9.17, 15) is 18.7 Å². The van der Waals surface area contributed by atoms with E-state index >= 15 is 0 Å². The van der Waals surface area contributed by atoms with Gasteiger partial charge in [0.05, 0.1) is 0 Å². The van der Waals surface area contributed by atoms with Gasteiger partial charge in [0.1, 0.15) is 0 Å². The van der Waals surface area contributed by atoms with Gasteiger partial charge in [-0.3, -0.25) is 0 Å². The van der Waals surface area contributed by atoms with Crippen molar-refractivity contribution in [1.82, 2.24) is 0 Å². The summed E-state index contributed by atoms with van der Waals surface area (Å²) in [5.74, 6) is -6.55. The van der Waals surface area contributed by atoms with Crippen LogP contribution in [-0.4, -0.2) is 22.1 Å². The molecule has 3 nitrogen and oxygen atoms in total. The van der Waals surface area contributed by atoms with Crippen LogP contribution in [-0.2, 0) is 10.4 Å². The lowest BCUT2D eigenvalue weighted by Gasteiger charge is -2.32. The van der Waals surface area contributed by atoms with Crippen LogP contribution in [0.1, 0.15) is 18.9 Å². The van der Waals surface area contributed by atoms with Gasteiger partial charge in [0.25, 0.3) is 0 Å². The average molecular weight is 230 g/mol. The molecule has 1 atom stereocenters. The fraction of sp³-hybridized carbons (Fsp3) is 0.364. The third-order valence-electron chi connectivity index (χ3n) is 2.55. The number of alkyl halides is 2. The Morgan fingerprint density at radius 1 is 1.31 bits per heavy atom. The maximum absolute atomic E-state index is 13.4. The Labute approximate surface area is 91.3 Å². The van der Waals surface area contributed by atoms with Crippen molar-refractivity contribution >= 4 is 5.97 Å². The van der Waals surface area contributed by atoms with Gasteiger partial charge in [-0.1, -0.05) is 37.3 Å². The van der Waals surface area contributed by atoms with E-state index in [4.69, 9.17) is 5.11 Å². The van der Waals surface area contributed by atoms with Crippen molar-refractivity contribution in [1.29, 1.82) is 0 Å². The highest BCUT2D eigenvalue weighted by atomic mass is 19.3. The van der Waals surface area contributed by atoms with Crippen molar-refractivity contribution in [2.45, 2.75) is 24.9 Å². The molecule has 0 fully saturated rings. The summed E-state index contributed by atoms with van der Waals surface area (Å²) in [6, 6.07) is 7.08. The summed E-state index contributed by atoms with van der Waals surface area (Å²) in [6.07, 6.45) is -0.393. The lowest BCUT2D eigenvalue weighted by molar-refractivity contribution is -0.213. The molecule has 0 saturated carbocycles. The van der Waals surface area contributed by atoms with Gasteiger partial charge in [-0.25, -0.2) is 4.79 Å². The predicted octanol–water partition coefficient (Wildman–Crippen LogP) is 2.00. The van der Waals surface area contributed by atoms with E-state index in [1.165, 1.54) is 31.2 Å². The quantitative estimate of drug-likeness (QED) is 0.831. The summed E-state index contributed by atoms with van der Waals surface area (Å²) in [7, 11) is 0. The van der Waals surface area contributed by atoms with E-state index in [2.05, 4.69) is 0 Å². The number of carboxylic acids is 1. The van der Waals surface area contributed by atoms with Crippen molar-refractivity contribution < 1.29 is 23.8 Å². The van der Waals surface area contributed by atoms with Crippen molar-refractivity contribution in [3.8, 4) is 0 Å². The van der Waals surface area contributed by atoms with Crippen molar-refractivity contribution in [3.63, 3.8) is 0 Å². The topological polar surface area (TPSA) is 57.5 Å². The molecule has 1 rings (SSSR count). The minimum absolute atomic E-state index is 0.107. The molecule has 5 heteroatoms. The minimum Gasteiger partial charge on any atom is -0.477 e. The van der Waals surface area contributed by atoms with Crippen LogP contribution in [0.15, 0.2) is 30.3 Å². The highest BCUT2D eigenvalue weighted by Gasteiger charge is 2.58. The molecule has 0 heterocycles. The van der Waals surface area contributed by atoms with E-state index in [0.717, 1.165) is 0 Å². The molecular formula is C11H12F2O3. The molecule has 1 unspecified atom stereocenters. The Hall–Kier alpha value is -1.49. The first-order valence-corrected chi connectivity index (χ1v) is 4.75. The van der Waals surface area contributed by atoms with Crippen LogP contribution in [0.3, 0.4) is 0 Å². The zero-order chi connectivity index (χ0) is 12.4. The molecule has 0 radical (unpaired) electrons. The van der Waals surface area contributed by atoms with Crippen molar-refractivity contribution in [2.24, 2.45) is 0 Å². The van der Waals surface area contributed by atoms with E-state index in [1.807, 2.05) is 0 Å². The molecule has 1 aromatic carbocycles. The second kappa shape index (κ2) is 4.17. The number of aliphatic hydroxyl groups is 1. The zero-order valence-corrected chi connectivity index (χ0v) is 8.65. The fourth-order valence-electron chi connectivity index (χ4n) is 1.50. The molecule has 2 N–H and O–H groups in total.